The molecular weight excluding hydrogens is 517 g/mol. The number of fused-ring (bicyclic) bond motifs is 1. The number of piperazine rings is 1. The minimum Gasteiger partial charge on any atom is -0.431 e. The summed E-state index contributed by atoms with van der Waals surface area (Å²) in [5.41, 5.74) is 1.13. The fourth-order valence-corrected chi connectivity index (χ4v) is 5.02. The second kappa shape index (κ2) is 10.5. The van der Waals surface area contributed by atoms with Gasteiger partial charge in [-0.15, -0.1) is 5.10 Å². The van der Waals surface area contributed by atoms with Crippen LogP contribution in [0, 0.1) is 0 Å². The van der Waals surface area contributed by atoms with E-state index in [2.05, 4.69) is 22.0 Å². The van der Waals surface area contributed by atoms with Gasteiger partial charge in [-0.05, 0) is 42.8 Å². The minimum atomic E-state index is -4.52. The first-order chi connectivity index (χ1) is 18.1. The number of rotatable bonds is 6. The van der Waals surface area contributed by atoms with Crippen LogP contribution in [0.15, 0.2) is 67.0 Å². The Bertz CT molecular complexity index is 1440. The number of alkyl halides is 3. The first kappa shape index (κ1) is 25.7. The highest BCUT2D eigenvalue weighted by molar-refractivity contribution is 7.20. The van der Waals surface area contributed by atoms with Crippen LogP contribution in [0.5, 0.6) is 10.9 Å². The van der Waals surface area contributed by atoms with Gasteiger partial charge in [-0.25, -0.2) is 9.78 Å². The number of ether oxygens (including phenoxy) is 1. The Labute approximate surface area is 220 Å². The van der Waals surface area contributed by atoms with Gasteiger partial charge in [-0.3, -0.25) is 4.90 Å². The van der Waals surface area contributed by atoms with Gasteiger partial charge >= 0.3 is 12.2 Å². The molecular formula is C26H25F3N6O2S. The van der Waals surface area contributed by atoms with Gasteiger partial charge in [0.05, 0.1) is 15.8 Å². The minimum absolute atomic E-state index is 0.0838. The molecule has 1 saturated heterocycles. The third-order valence-corrected chi connectivity index (χ3v) is 6.86. The largest absolute Gasteiger partial charge is 0.431 e. The Hall–Kier alpha value is -3.90. The molecule has 0 radical (unpaired) electrons. The molecule has 0 unspecified atom stereocenters. The number of carbonyl (C=O) groups excluding carboxylic acids is 1. The Morgan fingerprint density at radius 3 is 2.61 bits per heavy atom. The zero-order valence-corrected chi connectivity index (χ0v) is 21.3. The van der Waals surface area contributed by atoms with E-state index in [4.69, 9.17) is 4.74 Å². The second-order valence-corrected chi connectivity index (χ2v) is 10.0. The van der Waals surface area contributed by atoms with Crippen LogP contribution in [-0.2, 0) is 12.7 Å². The molecule has 0 atom stereocenters. The number of benzene rings is 2. The maximum absolute atomic E-state index is 13.7. The Balaban J connectivity index is 1.26. The monoisotopic (exact) mass is 542 g/mol. The molecule has 1 aliphatic heterocycles. The van der Waals surface area contributed by atoms with Crippen molar-refractivity contribution in [2.45, 2.75) is 19.6 Å². The van der Waals surface area contributed by atoms with Crippen LogP contribution in [-0.4, -0.2) is 56.8 Å². The SMILES string of the molecule is C=C(C)Nc1ccn(C(=O)N2CCN(Cc3cc(Oc4nc5ccccc5s4)cc(C(F)(F)F)c3)CC2)n1. The number of halogens is 3. The smallest absolute Gasteiger partial charge is 0.416 e. The fourth-order valence-electron chi connectivity index (χ4n) is 4.19. The van der Waals surface area contributed by atoms with Crippen LogP contribution < -0.4 is 10.1 Å². The molecule has 0 spiro atoms. The number of allylic oxidation sites excluding steroid dienone is 1. The lowest BCUT2D eigenvalue weighted by atomic mass is 10.1. The van der Waals surface area contributed by atoms with Crippen molar-refractivity contribution in [2.24, 2.45) is 0 Å². The van der Waals surface area contributed by atoms with Crippen LogP contribution in [0.1, 0.15) is 18.1 Å². The van der Waals surface area contributed by atoms with Gasteiger partial charge in [0.25, 0.3) is 5.19 Å². The standard InChI is InChI=1S/C26H25F3N6O2S/c1-17(2)30-23-7-8-35(32-23)25(36)34-11-9-33(10-12-34)16-18-13-19(26(27,28)29)15-20(14-18)37-24-31-21-5-3-4-6-22(21)38-24/h3-8,13-15H,1,9-12,16H2,2H3,(H,30,32). The normalized spacial score (nSPS) is 14.6. The van der Waals surface area contributed by atoms with Crippen LogP contribution in [0.2, 0.25) is 0 Å². The van der Waals surface area contributed by atoms with Gasteiger partial charge in [-0.1, -0.05) is 30.0 Å². The fraction of sp³-hybridized carbons (Fsp3) is 0.269. The molecule has 8 nitrogen and oxygen atoms in total. The zero-order valence-electron chi connectivity index (χ0n) is 20.5. The van der Waals surface area contributed by atoms with Crippen molar-refractivity contribution in [2.75, 3.05) is 31.5 Å². The van der Waals surface area contributed by atoms with E-state index >= 15 is 0 Å². The summed E-state index contributed by atoms with van der Waals surface area (Å²) >= 11 is 1.27. The van der Waals surface area contributed by atoms with Crippen molar-refractivity contribution < 1.29 is 22.7 Å². The van der Waals surface area contributed by atoms with Crippen LogP contribution in [0.4, 0.5) is 23.8 Å². The number of nitrogens with one attached hydrogen (secondary N) is 1. The predicted molar refractivity (Wildman–Crippen MR) is 139 cm³/mol. The highest BCUT2D eigenvalue weighted by Crippen LogP contribution is 2.36. The molecule has 1 N–H and O–H groups in total. The summed E-state index contributed by atoms with van der Waals surface area (Å²) < 4.78 is 48.9. The highest BCUT2D eigenvalue weighted by Gasteiger charge is 2.32. The number of aromatic nitrogens is 3. The van der Waals surface area contributed by atoms with Crippen molar-refractivity contribution in [3.8, 4) is 10.9 Å². The first-order valence-corrected chi connectivity index (χ1v) is 12.7. The highest BCUT2D eigenvalue weighted by atomic mass is 32.1. The van der Waals surface area contributed by atoms with E-state index in [1.54, 1.807) is 30.2 Å². The predicted octanol–water partition coefficient (Wildman–Crippen LogP) is 6.04. The number of anilines is 1. The van der Waals surface area contributed by atoms with E-state index in [0.29, 0.717) is 43.3 Å². The molecule has 0 bridgehead atoms. The average molecular weight is 543 g/mol. The van der Waals surface area contributed by atoms with Crippen LogP contribution in [0.25, 0.3) is 10.2 Å². The van der Waals surface area contributed by atoms with Crippen LogP contribution in [0.3, 0.4) is 0 Å². The number of amides is 1. The van der Waals surface area contributed by atoms with E-state index in [1.165, 1.54) is 16.0 Å². The Kier molecular flexibility index (Phi) is 7.09. The lowest BCUT2D eigenvalue weighted by Crippen LogP contribution is -2.49. The molecule has 2 aromatic carbocycles. The molecule has 0 aliphatic carbocycles. The summed E-state index contributed by atoms with van der Waals surface area (Å²) in [7, 11) is 0. The first-order valence-electron chi connectivity index (χ1n) is 11.9. The van der Waals surface area contributed by atoms with Crippen LogP contribution >= 0.6 is 11.3 Å². The lowest BCUT2D eigenvalue weighted by molar-refractivity contribution is -0.137. The Morgan fingerprint density at radius 2 is 1.89 bits per heavy atom. The van der Waals surface area contributed by atoms with Gasteiger partial charge in [0, 0.05) is 50.7 Å². The molecule has 12 heteroatoms. The summed E-state index contributed by atoms with van der Waals surface area (Å²) in [5.74, 6) is 0.610. The number of hydrogen-bond acceptors (Lipinski definition) is 7. The van der Waals surface area contributed by atoms with Gasteiger partial charge in [0.15, 0.2) is 5.82 Å². The van der Waals surface area contributed by atoms with Gasteiger partial charge in [-0.2, -0.15) is 17.9 Å². The van der Waals surface area contributed by atoms with Crippen molar-refractivity contribution in [3.05, 3.63) is 78.1 Å². The number of thiazole rings is 1. The third-order valence-electron chi connectivity index (χ3n) is 5.95. The number of hydrogen-bond donors (Lipinski definition) is 1. The van der Waals surface area contributed by atoms with E-state index in [0.717, 1.165) is 22.3 Å². The molecule has 38 heavy (non-hydrogen) atoms. The molecule has 1 fully saturated rings. The summed E-state index contributed by atoms with van der Waals surface area (Å²) in [6, 6.07) is 12.6. The van der Waals surface area contributed by atoms with Crippen molar-refractivity contribution in [3.63, 3.8) is 0 Å². The lowest BCUT2D eigenvalue weighted by Gasteiger charge is -2.34. The summed E-state index contributed by atoms with van der Waals surface area (Å²) in [6.45, 7) is 7.71. The summed E-state index contributed by atoms with van der Waals surface area (Å²) in [5, 5.41) is 7.46. The quantitative estimate of drug-likeness (QED) is 0.321. The maximum Gasteiger partial charge on any atom is 0.416 e. The Morgan fingerprint density at radius 1 is 1.13 bits per heavy atom. The topological polar surface area (TPSA) is 75.5 Å². The second-order valence-electron chi connectivity index (χ2n) is 9.01. The zero-order chi connectivity index (χ0) is 26.9. The molecule has 0 saturated carbocycles. The molecule has 1 amide bonds. The van der Waals surface area contributed by atoms with Crippen molar-refractivity contribution in [1.82, 2.24) is 24.6 Å². The number of nitrogens with zero attached hydrogens (tertiary/aromatic N) is 5. The van der Waals surface area contributed by atoms with Gasteiger partial charge < -0.3 is 15.0 Å². The molecule has 2 aromatic heterocycles. The van der Waals surface area contributed by atoms with E-state index < -0.39 is 11.7 Å². The summed E-state index contributed by atoms with van der Waals surface area (Å²) in [6.07, 6.45) is -2.94. The van der Waals surface area contributed by atoms with Crippen molar-refractivity contribution >= 4 is 33.4 Å². The average Bonchev–Trinajstić information content (AvgIpc) is 3.49. The van der Waals surface area contributed by atoms with Crippen molar-refractivity contribution in [1.29, 1.82) is 0 Å². The third kappa shape index (κ3) is 5.97. The van der Waals surface area contributed by atoms with E-state index in [1.807, 2.05) is 29.2 Å². The molecule has 1 aliphatic rings. The van der Waals surface area contributed by atoms with Gasteiger partial charge in [0.2, 0.25) is 0 Å². The summed E-state index contributed by atoms with van der Waals surface area (Å²) in [4.78, 5) is 20.9. The van der Waals surface area contributed by atoms with Gasteiger partial charge in [0.1, 0.15) is 5.75 Å². The van der Waals surface area contributed by atoms with E-state index in [9.17, 15) is 18.0 Å². The number of para-hydroxylation sites is 1. The van der Waals surface area contributed by atoms with E-state index in [-0.39, 0.29) is 23.5 Å². The molecule has 5 rings (SSSR count). The maximum atomic E-state index is 13.7. The molecule has 3 heterocycles. The molecule has 4 aromatic rings. The molecule has 198 valence electrons. The number of carbonyl (C=O) groups is 1.